The Morgan fingerprint density at radius 2 is 1.96 bits per heavy atom. The Morgan fingerprint density at radius 1 is 1.22 bits per heavy atom. The molecular formula is C20H20BrN3O3. The molecule has 0 aliphatic rings. The maximum atomic E-state index is 12.0. The van der Waals surface area contributed by atoms with E-state index in [0.29, 0.717) is 11.1 Å². The highest BCUT2D eigenvalue weighted by Crippen LogP contribution is 2.39. The van der Waals surface area contributed by atoms with Gasteiger partial charge in [0.2, 0.25) is 5.88 Å². The number of carbonyl (C=O) groups is 1. The van der Waals surface area contributed by atoms with Crippen molar-refractivity contribution in [2.24, 2.45) is 17.3 Å². The second-order valence-corrected chi connectivity index (χ2v) is 7.08. The molecule has 0 radical (unpaired) electrons. The fraction of sp³-hybridized carbons (Fsp3) is 0.250. The second-order valence-electron chi connectivity index (χ2n) is 6.17. The summed E-state index contributed by atoms with van der Waals surface area (Å²) in [6.45, 7) is 1.91. The van der Waals surface area contributed by atoms with Crippen molar-refractivity contribution in [1.29, 1.82) is 0 Å². The largest absolute Gasteiger partial charge is 0.493 e. The molecule has 3 aromatic rings. The fourth-order valence-electron chi connectivity index (χ4n) is 2.80. The van der Waals surface area contributed by atoms with E-state index in [1.54, 1.807) is 11.6 Å². The van der Waals surface area contributed by atoms with E-state index in [1.165, 1.54) is 5.56 Å². The van der Waals surface area contributed by atoms with Crippen LogP contribution in [-0.2, 0) is 18.3 Å². The van der Waals surface area contributed by atoms with Crippen LogP contribution in [0, 0.1) is 0 Å². The van der Waals surface area contributed by atoms with Crippen molar-refractivity contribution in [2.75, 3.05) is 6.61 Å². The van der Waals surface area contributed by atoms with Crippen LogP contribution in [0.4, 0.5) is 5.69 Å². The minimum absolute atomic E-state index is 0.0490. The summed E-state index contributed by atoms with van der Waals surface area (Å²) in [7, 11) is 1.72. The van der Waals surface area contributed by atoms with E-state index in [4.69, 9.17) is 4.74 Å². The molecule has 0 aliphatic heterocycles. The number of ether oxygens (including phenoxy) is 1. The van der Waals surface area contributed by atoms with E-state index in [0.717, 1.165) is 22.8 Å². The summed E-state index contributed by atoms with van der Waals surface area (Å²) in [5, 5.41) is 18.6. The van der Waals surface area contributed by atoms with Gasteiger partial charge in [-0.15, -0.1) is 10.2 Å². The maximum Gasteiger partial charge on any atom is 0.302 e. The molecule has 0 atom stereocenters. The third-order valence-corrected chi connectivity index (χ3v) is 4.68. The monoisotopic (exact) mass is 429 g/mol. The van der Waals surface area contributed by atoms with E-state index in [1.807, 2.05) is 42.5 Å². The molecule has 0 saturated carbocycles. The number of amides is 1. The zero-order chi connectivity index (χ0) is 19.4. The molecule has 0 spiro atoms. The van der Waals surface area contributed by atoms with E-state index in [-0.39, 0.29) is 18.2 Å². The highest BCUT2D eigenvalue weighted by atomic mass is 79.9. The average Bonchev–Trinajstić information content (AvgIpc) is 2.89. The second kappa shape index (κ2) is 8.35. The van der Waals surface area contributed by atoms with Gasteiger partial charge in [0, 0.05) is 16.9 Å². The number of halogens is 1. The van der Waals surface area contributed by atoms with Gasteiger partial charge >= 0.3 is 5.91 Å². The molecule has 140 valence electrons. The summed E-state index contributed by atoms with van der Waals surface area (Å²) in [4.78, 5) is 12.0. The van der Waals surface area contributed by atoms with Crippen LogP contribution in [0.5, 0.6) is 11.6 Å². The van der Waals surface area contributed by atoms with Crippen LogP contribution in [0.2, 0.25) is 0 Å². The van der Waals surface area contributed by atoms with Gasteiger partial charge in [-0.3, -0.25) is 4.79 Å². The first-order valence-electron chi connectivity index (χ1n) is 8.62. The molecule has 6 nitrogen and oxygen atoms in total. The van der Waals surface area contributed by atoms with Crippen molar-refractivity contribution in [3.63, 3.8) is 0 Å². The maximum absolute atomic E-state index is 12.0. The predicted octanol–water partition coefficient (Wildman–Crippen LogP) is 5.29. The van der Waals surface area contributed by atoms with Gasteiger partial charge < -0.3 is 14.4 Å². The Bertz CT molecular complexity index is 994. The lowest BCUT2D eigenvalue weighted by Gasteiger charge is -2.04. The number of rotatable bonds is 6. The van der Waals surface area contributed by atoms with Crippen LogP contribution < -0.4 is 4.74 Å². The quantitative estimate of drug-likeness (QED) is 0.540. The SMILES string of the molecule is CCCc1ccc(OCC(=O)N=Nc2c(O)n(C)c3ccc(Br)cc23)cc1. The van der Waals surface area contributed by atoms with Crippen molar-refractivity contribution in [2.45, 2.75) is 19.8 Å². The number of carbonyl (C=O) groups excluding carboxylic acids is 1. The lowest BCUT2D eigenvalue weighted by Crippen LogP contribution is -2.07. The number of fused-ring (bicyclic) bond motifs is 1. The molecule has 2 aromatic carbocycles. The van der Waals surface area contributed by atoms with Crippen LogP contribution in [0.1, 0.15) is 18.9 Å². The molecule has 0 bridgehead atoms. The normalized spacial score (nSPS) is 11.4. The fourth-order valence-corrected chi connectivity index (χ4v) is 3.16. The first-order chi connectivity index (χ1) is 13.0. The molecule has 27 heavy (non-hydrogen) atoms. The van der Waals surface area contributed by atoms with Crippen LogP contribution in [0.3, 0.4) is 0 Å². The van der Waals surface area contributed by atoms with E-state index < -0.39 is 5.91 Å². The number of aryl methyl sites for hydroxylation is 2. The average molecular weight is 430 g/mol. The van der Waals surface area contributed by atoms with Gasteiger partial charge in [-0.25, -0.2) is 0 Å². The Hall–Kier alpha value is -2.67. The van der Waals surface area contributed by atoms with Crippen LogP contribution in [0.25, 0.3) is 10.9 Å². The summed E-state index contributed by atoms with van der Waals surface area (Å²) < 4.78 is 7.89. The van der Waals surface area contributed by atoms with Gasteiger partial charge in [-0.05, 0) is 42.3 Å². The smallest absolute Gasteiger partial charge is 0.302 e. The third-order valence-electron chi connectivity index (χ3n) is 4.19. The molecule has 1 heterocycles. The molecule has 0 unspecified atom stereocenters. The molecular weight excluding hydrogens is 410 g/mol. The molecule has 0 fully saturated rings. The van der Waals surface area contributed by atoms with Crippen molar-refractivity contribution >= 4 is 38.4 Å². The number of hydrogen-bond acceptors (Lipinski definition) is 4. The summed E-state index contributed by atoms with van der Waals surface area (Å²) in [5.41, 5.74) is 2.28. The summed E-state index contributed by atoms with van der Waals surface area (Å²) >= 11 is 3.40. The minimum Gasteiger partial charge on any atom is -0.493 e. The van der Waals surface area contributed by atoms with Gasteiger partial charge in [0.15, 0.2) is 12.3 Å². The van der Waals surface area contributed by atoms with Crippen molar-refractivity contribution in [1.82, 2.24) is 4.57 Å². The lowest BCUT2D eigenvalue weighted by atomic mass is 10.1. The zero-order valence-corrected chi connectivity index (χ0v) is 16.7. The molecule has 0 saturated heterocycles. The highest BCUT2D eigenvalue weighted by Gasteiger charge is 2.15. The zero-order valence-electron chi connectivity index (χ0n) is 15.1. The van der Waals surface area contributed by atoms with Crippen LogP contribution >= 0.6 is 15.9 Å². The summed E-state index contributed by atoms with van der Waals surface area (Å²) in [5.74, 6) is 0.0291. The molecule has 1 aromatic heterocycles. The number of azo groups is 1. The first-order valence-corrected chi connectivity index (χ1v) is 9.42. The number of nitrogens with zero attached hydrogens (tertiary/aromatic N) is 3. The summed E-state index contributed by atoms with van der Waals surface area (Å²) in [6.07, 6.45) is 2.09. The number of hydrogen-bond donors (Lipinski definition) is 1. The Kier molecular flexibility index (Phi) is 5.91. The number of benzene rings is 2. The van der Waals surface area contributed by atoms with Crippen LogP contribution in [-0.4, -0.2) is 22.2 Å². The molecule has 1 N–H and O–H groups in total. The first kappa shape index (κ1) is 19.1. The molecule has 1 amide bonds. The van der Waals surface area contributed by atoms with Crippen molar-refractivity contribution < 1.29 is 14.6 Å². The third kappa shape index (κ3) is 4.36. The van der Waals surface area contributed by atoms with Gasteiger partial charge in [0.1, 0.15) is 5.75 Å². The Morgan fingerprint density at radius 3 is 2.67 bits per heavy atom. The van der Waals surface area contributed by atoms with Gasteiger partial charge in [-0.2, -0.15) is 0 Å². The van der Waals surface area contributed by atoms with Crippen molar-refractivity contribution in [3.8, 4) is 11.6 Å². The van der Waals surface area contributed by atoms with Gasteiger partial charge in [0.25, 0.3) is 0 Å². The molecule has 7 heteroatoms. The van der Waals surface area contributed by atoms with Gasteiger partial charge in [0.05, 0.1) is 5.52 Å². The number of aromatic nitrogens is 1. The standard InChI is InChI=1S/C20H20BrN3O3/c1-3-4-13-5-8-15(9-6-13)27-12-18(25)22-23-19-16-11-14(21)7-10-17(16)24(2)20(19)26/h5-11,26H,3-4,12H2,1-2H3. The van der Waals surface area contributed by atoms with E-state index in [9.17, 15) is 9.90 Å². The molecule has 3 rings (SSSR count). The van der Waals surface area contributed by atoms with Crippen LogP contribution in [0.15, 0.2) is 57.2 Å². The Labute approximate surface area is 165 Å². The van der Waals surface area contributed by atoms with E-state index in [2.05, 4.69) is 33.1 Å². The molecule has 0 aliphatic carbocycles. The predicted molar refractivity (Wildman–Crippen MR) is 108 cm³/mol. The van der Waals surface area contributed by atoms with E-state index >= 15 is 0 Å². The number of aromatic hydroxyl groups is 1. The topological polar surface area (TPSA) is 76.2 Å². The lowest BCUT2D eigenvalue weighted by molar-refractivity contribution is -0.120. The van der Waals surface area contributed by atoms with Crippen molar-refractivity contribution in [3.05, 3.63) is 52.5 Å². The Balaban J connectivity index is 1.69. The van der Waals surface area contributed by atoms with Gasteiger partial charge in [-0.1, -0.05) is 41.4 Å². The minimum atomic E-state index is -0.529. The highest BCUT2D eigenvalue weighted by molar-refractivity contribution is 9.10. The summed E-state index contributed by atoms with van der Waals surface area (Å²) in [6, 6.07) is 13.2.